The van der Waals surface area contributed by atoms with Crippen LogP contribution in [0, 0.1) is 11.8 Å². The second-order valence-electron chi connectivity index (χ2n) is 11.1. The molecule has 0 unspecified atom stereocenters. The number of hydrogen-bond acceptors (Lipinski definition) is 2. The first kappa shape index (κ1) is 29.2. The molecule has 0 amide bonds. The van der Waals surface area contributed by atoms with Crippen LogP contribution in [0.25, 0.3) is 0 Å². The lowest BCUT2D eigenvalue weighted by molar-refractivity contribution is -0.198. The van der Waals surface area contributed by atoms with Gasteiger partial charge in [0.15, 0.2) is 5.79 Å². The van der Waals surface area contributed by atoms with Crippen molar-refractivity contribution in [2.24, 2.45) is 11.8 Å². The van der Waals surface area contributed by atoms with Gasteiger partial charge in [-0.15, -0.1) is 0 Å². The second kappa shape index (κ2) is 14.0. The summed E-state index contributed by atoms with van der Waals surface area (Å²) in [4.78, 5) is 0. The van der Waals surface area contributed by atoms with Gasteiger partial charge in [-0.2, -0.15) is 0 Å². The lowest BCUT2D eigenvalue weighted by atomic mass is 9.94. The predicted molar refractivity (Wildman–Crippen MR) is 175 cm³/mol. The van der Waals surface area contributed by atoms with E-state index >= 15 is 0 Å². The third-order valence-corrected chi connectivity index (χ3v) is 13.9. The topological polar surface area (TPSA) is 18.5 Å². The van der Waals surface area contributed by atoms with Gasteiger partial charge in [-0.25, -0.2) is 0 Å². The Hall–Kier alpha value is -2.34. The van der Waals surface area contributed by atoms with E-state index in [0.29, 0.717) is 17.5 Å². The number of ether oxygens (including phenoxy) is 2. The highest BCUT2D eigenvalue weighted by Crippen LogP contribution is 2.56. The summed E-state index contributed by atoms with van der Waals surface area (Å²) in [6.07, 6.45) is 4.82. The Morgan fingerprint density at radius 1 is 0.650 bits per heavy atom. The highest BCUT2D eigenvalue weighted by atomic mass is 31.1. The summed E-state index contributed by atoms with van der Waals surface area (Å²) in [5, 5.41) is 5.96. The highest BCUT2D eigenvalue weighted by molar-refractivity contribution is 7.74. The first-order valence-corrected chi connectivity index (χ1v) is 17.5. The Bertz CT molecular complexity index is 1200. The quantitative estimate of drug-likeness (QED) is 0.131. The largest absolute Gasteiger partial charge is 0.354 e. The molecule has 0 bridgehead atoms. The first-order valence-electron chi connectivity index (χ1n) is 14.5. The third kappa shape index (κ3) is 7.29. The fourth-order valence-corrected chi connectivity index (χ4v) is 12.2. The minimum absolute atomic E-state index is 0.474. The summed E-state index contributed by atoms with van der Waals surface area (Å²) in [6, 6.07) is 45.1. The van der Waals surface area contributed by atoms with Crippen LogP contribution < -0.4 is 21.2 Å². The van der Waals surface area contributed by atoms with Gasteiger partial charge in [-0.05, 0) is 93.8 Å². The molecule has 40 heavy (non-hydrogen) atoms. The van der Waals surface area contributed by atoms with Crippen molar-refractivity contribution in [1.82, 2.24) is 0 Å². The summed E-state index contributed by atoms with van der Waals surface area (Å²) in [7, 11) is 0.775. The molecule has 2 nitrogen and oxygen atoms in total. The monoisotopic (exact) mass is 568 g/mol. The summed E-state index contributed by atoms with van der Waals surface area (Å²) >= 11 is 0. The molecule has 3 atom stereocenters. The normalized spacial score (nSPS) is 19.4. The molecule has 5 rings (SSSR count). The molecule has 0 spiro atoms. The molecule has 0 radical (unpaired) electrons. The molecule has 0 aromatic heterocycles. The van der Waals surface area contributed by atoms with Gasteiger partial charge in [0.25, 0.3) is 0 Å². The van der Waals surface area contributed by atoms with Gasteiger partial charge in [0.05, 0.1) is 6.61 Å². The van der Waals surface area contributed by atoms with Crippen molar-refractivity contribution >= 4 is 37.1 Å². The first-order chi connectivity index (χ1) is 19.6. The summed E-state index contributed by atoms with van der Waals surface area (Å²) in [5.41, 5.74) is 0.637. The van der Waals surface area contributed by atoms with Gasteiger partial charge >= 0.3 is 0 Å². The molecule has 4 heteroatoms. The minimum atomic E-state index is -0.547. The van der Waals surface area contributed by atoms with Crippen LogP contribution >= 0.6 is 15.8 Å². The Kier molecular flexibility index (Phi) is 10.2. The Morgan fingerprint density at radius 3 is 1.55 bits per heavy atom. The van der Waals surface area contributed by atoms with Crippen LogP contribution in [0.15, 0.2) is 121 Å². The molecule has 1 aliphatic rings. The molecule has 1 fully saturated rings. The van der Waals surface area contributed by atoms with Gasteiger partial charge in [-0.1, -0.05) is 121 Å². The van der Waals surface area contributed by atoms with Gasteiger partial charge < -0.3 is 9.47 Å². The van der Waals surface area contributed by atoms with Gasteiger partial charge in [0, 0.05) is 7.11 Å². The minimum Gasteiger partial charge on any atom is -0.354 e. The van der Waals surface area contributed by atoms with E-state index in [1.807, 2.05) is 13.8 Å². The standard InChI is InChI=1S/C36H42O2P2/c1-36(2,37-3)38-27-26-29-24-25-35(40(32-20-12-6-13-21-32)33-22-14-7-15-23-33)34(29)28-39(30-16-8-4-9-17-30)31-18-10-5-11-19-31/h4-23,29,34-35H,24-28H2,1-3H3/t29-,34-,35+/m1/s1. The number of hydrogen-bond donors (Lipinski definition) is 0. The van der Waals surface area contributed by atoms with Crippen LogP contribution in [0.2, 0.25) is 0 Å². The maximum atomic E-state index is 6.22. The van der Waals surface area contributed by atoms with E-state index in [4.69, 9.17) is 9.47 Å². The SMILES string of the molecule is COC(C)(C)OCC[C@H]1CC[C@H](P(c2ccccc2)c2ccccc2)[C@@H]1CP(c1ccccc1)c1ccccc1. The summed E-state index contributed by atoms with van der Waals surface area (Å²) in [6.45, 7) is 4.75. The lowest BCUT2D eigenvalue weighted by Gasteiger charge is -2.35. The van der Waals surface area contributed by atoms with Crippen molar-refractivity contribution in [2.45, 2.75) is 44.6 Å². The molecule has 0 heterocycles. The van der Waals surface area contributed by atoms with Crippen molar-refractivity contribution < 1.29 is 9.47 Å². The highest BCUT2D eigenvalue weighted by Gasteiger charge is 2.42. The Labute approximate surface area is 243 Å². The van der Waals surface area contributed by atoms with Crippen LogP contribution in [0.4, 0.5) is 0 Å². The Balaban J connectivity index is 1.52. The van der Waals surface area contributed by atoms with Gasteiger partial charge in [-0.3, -0.25) is 0 Å². The van der Waals surface area contributed by atoms with Crippen molar-refractivity contribution in [2.75, 3.05) is 19.9 Å². The molecule has 208 valence electrons. The average Bonchev–Trinajstić information content (AvgIpc) is 3.39. The molecule has 0 aliphatic heterocycles. The lowest BCUT2D eigenvalue weighted by Crippen LogP contribution is -2.32. The Morgan fingerprint density at radius 2 is 1.10 bits per heavy atom. The third-order valence-electron chi connectivity index (χ3n) is 8.29. The van der Waals surface area contributed by atoms with Gasteiger partial charge in [0.1, 0.15) is 0 Å². The molecule has 4 aromatic carbocycles. The molecule has 0 N–H and O–H groups in total. The van der Waals surface area contributed by atoms with Crippen LogP contribution in [0.3, 0.4) is 0 Å². The number of rotatable bonds is 12. The average molecular weight is 569 g/mol. The van der Waals surface area contributed by atoms with Crippen molar-refractivity contribution in [3.8, 4) is 0 Å². The fraction of sp³-hybridized carbons (Fsp3) is 0.333. The van der Waals surface area contributed by atoms with Gasteiger partial charge in [0.2, 0.25) is 0 Å². The van der Waals surface area contributed by atoms with E-state index in [1.165, 1.54) is 40.2 Å². The maximum Gasteiger partial charge on any atom is 0.162 e. The molecule has 1 saturated carbocycles. The van der Waals surface area contributed by atoms with Crippen LogP contribution in [0.5, 0.6) is 0 Å². The van der Waals surface area contributed by atoms with E-state index < -0.39 is 21.6 Å². The predicted octanol–water partition coefficient (Wildman–Crippen LogP) is 7.44. The van der Waals surface area contributed by atoms with Crippen molar-refractivity contribution in [3.05, 3.63) is 121 Å². The molecule has 1 aliphatic carbocycles. The molecule has 4 aromatic rings. The number of benzene rings is 4. The second-order valence-corrected chi connectivity index (χ2v) is 15.8. The molecular weight excluding hydrogens is 526 g/mol. The van der Waals surface area contributed by atoms with E-state index in [9.17, 15) is 0 Å². The number of methoxy groups -OCH3 is 1. The van der Waals surface area contributed by atoms with Crippen LogP contribution in [0.1, 0.15) is 33.1 Å². The van der Waals surface area contributed by atoms with E-state index in [1.54, 1.807) is 7.11 Å². The van der Waals surface area contributed by atoms with Crippen LogP contribution in [-0.4, -0.2) is 31.3 Å². The summed E-state index contributed by atoms with van der Waals surface area (Å²) < 4.78 is 11.8. The van der Waals surface area contributed by atoms with Crippen molar-refractivity contribution in [1.29, 1.82) is 0 Å². The molecular formula is C36H42O2P2. The maximum absolute atomic E-state index is 6.22. The fourth-order valence-electron chi connectivity index (χ4n) is 6.09. The summed E-state index contributed by atoms with van der Waals surface area (Å²) in [5.74, 6) is 0.703. The van der Waals surface area contributed by atoms with E-state index in [2.05, 4.69) is 121 Å². The van der Waals surface area contributed by atoms with E-state index in [0.717, 1.165) is 13.0 Å². The zero-order valence-electron chi connectivity index (χ0n) is 24.0. The zero-order valence-corrected chi connectivity index (χ0v) is 25.8. The van der Waals surface area contributed by atoms with Crippen molar-refractivity contribution in [3.63, 3.8) is 0 Å². The zero-order chi connectivity index (χ0) is 27.8. The van der Waals surface area contributed by atoms with Crippen LogP contribution in [-0.2, 0) is 9.47 Å². The smallest absolute Gasteiger partial charge is 0.162 e. The van der Waals surface area contributed by atoms with E-state index in [-0.39, 0.29) is 0 Å². The molecule has 0 saturated heterocycles.